The molecule has 0 saturated carbocycles. The fourth-order valence-corrected chi connectivity index (χ4v) is 4.08. The molecule has 0 aromatic heterocycles. The van der Waals surface area contributed by atoms with Crippen LogP contribution in [0, 0.1) is 0 Å². The Balaban J connectivity index is 1.44. The lowest BCUT2D eigenvalue weighted by atomic mass is 9.99. The minimum atomic E-state index is -0.648. The molecule has 0 bridgehead atoms. The van der Waals surface area contributed by atoms with Crippen LogP contribution in [0.25, 0.3) is 0 Å². The van der Waals surface area contributed by atoms with Gasteiger partial charge in [0.2, 0.25) is 5.91 Å². The molecular weight excluding hydrogens is 406 g/mol. The van der Waals surface area contributed by atoms with Crippen molar-refractivity contribution in [1.29, 1.82) is 0 Å². The zero-order valence-electron chi connectivity index (χ0n) is 18.8. The maximum Gasteiger partial charge on any atom is 0.265 e. The Bertz CT molecular complexity index is 940. The average molecular weight is 438 g/mol. The predicted octanol–water partition coefficient (Wildman–Crippen LogP) is 3.27. The molecule has 1 N–H and O–H groups in total. The Kier molecular flexibility index (Phi) is 6.95. The van der Waals surface area contributed by atoms with Gasteiger partial charge in [0.05, 0.1) is 32.0 Å². The summed E-state index contributed by atoms with van der Waals surface area (Å²) in [7, 11) is 0. The molecule has 0 radical (unpaired) electrons. The fraction of sp³-hybridized carbons (Fsp3) is 0.440. The van der Waals surface area contributed by atoms with Gasteiger partial charge in [0.1, 0.15) is 5.75 Å². The van der Waals surface area contributed by atoms with Crippen LogP contribution >= 0.6 is 0 Å². The summed E-state index contributed by atoms with van der Waals surface area (Å²) >= 11 is 0. The fourth-order valence-electron chi connectivity index (χ4n) is 4.08. The molecule has 2 amide bonds. The van der Waals surface area contributed by atoms with Gasteiger partial charge >= 0.3 is 0 Å². The highest BCUT2D eigenvalue weighted by atomic mass is 16.5. The van der Waals surface area contributed by atoms with Crippen LogP contribution in [0.2, 0.25) is 0 Å². The van der Waals surface area contributed by atoms with Gasteiger partial charge in [0.25, 0.3) is 5.91 Å². The zero-order chi connectivity index (χ0) is 22.5. The predicted molar refractivity (Wildman–Crippen MR) is 124 cm³/mol. The molecule has 2 atom stereocenters. The van der Waals surface area contributed by atoms with Crippen molar-refractivity contribution in [3.05, 3.63) is 54.1 Å². The van der Waals surface area contributed by atoms with Crippen molar-refractivity contribution in [2.24, 2.45) is 0 Å². The summed E-state index contributed by atoms with van der Waals surface area (Å²) in [6.45, 7) is 7.03. The van der Waals surface area contributed by atoms with E-state index in [0.29, 0.717) is 44.5 Å². The molecule has 1 fully saturated rings. The van der Waals surface area contributed by atoms with Gasteiger partial charge in [-0.05, 0) is 42.2 Å². The van der Waals surface area contributed by atoms with E-state index in [1.165, 1.54) is 5.56 Å². The number of anilines is 2. The largest absolute Gasteiger partial charge is 0.477 e. The van der Waals surface area contributed by atoms with Gasteiger partial charge in [-0.15, -0.1) is 0 Å². The quantitative estimate of drug-likeness (QED) is 0.751. The topological polar surface area (TPSA) is 71.1 Å². The summed E-state index contributed by atoms with van der Waals surface area (Å²) in [4.78, 5) is 29.6. The second kappa shape index (κ2) is 10.0. The highest BCUT2D eigenvalue weighted by molar-refractivity contribution is 5.95. The monoisotopic (exact) mass is 437 g/mol. The van der Waals surface area contributed by atoms with E-state index >= 15 is 0 Å². The molecule has 2 aromatic carbocycles. The number of rotatable bonds is 6. The number of carbonyl (C=O) groups excluding carboxylic acids is 2. The van der Waals surface area contributed by atoms with Gasteiger partial charge in [0, 0.05) is 18.8 Å². The van der Waals surface area contributed by atoms with Crippen LogP contribution in [0.1, 0.15) is 31.7 Å². The third-order valence-corrected chi connectivity index (χ3v) is 6.17. The summed E-state index contributed by atoms with van der Waals surface area (Å²) in [5, 5.41) is 2.98. The normalized spacial score (nSPS) is 19.0. The summed E-state index contributed by atoms with van der Waals surface area (Å²) in [6, 6.07) is 15.5. The van der Waals surface area contributed by atoms with E-state index < -0.39 is 6.10 Å². The van der Waals surface area contributed by atoms with E-state index in [-0.39, 0.29) is 18.4 Å². The summed E-state index contributed by atoms with van der Waals surface area (Å²) in [5.41, 5.74) is 2.85. The lowest BCUT2D eigenvalue weighted by Gasteiger charge is -2.38. The Labute approximate surface area is 189 Å². The minimum Gasteiger partial charge on any atom is -0.477 e. The third-order valence-electron chi connectivity index (χ3n) is 6.17. The molecule has 1 saturated heterocycles. The van der Waals surface area contributed by atoms with Crippen molar-refractivity contribution < 1.29 is 19.1 Å². The van der Waals surface area contributed by atoms with E-state index in [0.717, 1.165) is 17.8 Å². The highest BCUT2D eigenvalue weighted by Gasteiger charge is 2.34. The number of amides is 2. The van der Waals surface area contributed by atoms with E-state index in [1.54, 1.807) is 4.90 Å². The van der Waals surface area contributed by atoms with Crippen LogP contribution in [-0.2, 0) is 14.3 Å². The number of ether oxygens (including phenoxy) is 2. The number of carbonyl (C=O) groups is 2. The van der Waals surface area contributed by atoms with Crippen molar-refractivity contribution in [2.45, 2.75) is 32.3 Å². The summed E-state index contributed by atoms with van der Waals surface area (Å²) in [5.74, 6) is 0.922. The second-order valence-corrected chi connectivity index (χ2v) is 8.37. The van der Waals surface area contributed by atoms with Crippen LogP contribution in [0.5, 0.6) is 5.75 Å². The maximum absolute atomic E-state index is 13.0. The third kappa shape index (κ3) is 5.05. The number of morpholine rings is 1. The van der Waals surface area contributed by atoms with Crippen LogP contribution in [0.3, 0.4) is 0 Å². The Morgan fingerprint density at radius 2 is 1.81 bits per heavy atom. The first kappa shape index (κ1) is 22.1. The van der Waals surface area contributed by atoms with Crippen LogP contribution in [-0.4, -0.2) is 62.2 Å². The van der Waals surface area contributed by atoms with Gasteiger partial charge < -0.3 is 24.6 Å². The van der Waals surface area contributed by atoms with E-state index in [1.807, 2.05) is 41.3 Å². The van der Waals surface area contributed by atoms with Crippen LogP contribution in [0.4, 0.5) is 11.4 Å². The van der Waals surface area contributed by atoms with Crippen molar-refractivity contribution in [1.82, 2.24) is 4.90 Å². The lowest BCUT2D eigenvalue weighted by Crippen LogP contribution is -2.53. The molecule has 7 heteroatoms. The van der Waals surface area contributed by atoms with Gasteiger partial charge in [-0.1, -0.05) is 38.1 Å². The number of nitrogens with zero attached hydrogens (tertiary/aromatic N) is 2. The standard InChI is InChI=1S/C25H31N3O4/c1-3-18(2)19-8-10-20(11-9-19)26-24(29)17-28-16-23(25(30)27-12-14-31-15-13-27)32-22-7-5-4-6-21(22)28/h4-11,18,23H,3,12-17H2,1-2H3,(H,26,29)/t18-,23-/m1/s1. The molecule has 0 aliphatic carbocycles. The Morgan fingerprint density at radius 3 is 2.53 bits per heavy atom. The molecule has 0 spiro atoms. The zero-order valence-corrected chi connectivity index (χ0v) is 18.8. The van der Waals surface area contributed by atoms with Gasteiger partial charge in [0.15, 0.2) is 6.10 Å². The van der Waals surface area contributed by atoms with Crippen molar-refractivity contribution in [3.63, 3.8) is 0 Å². The molecule has 2 aromatic rings. The van der Waals surface area contributed by atoms with Crippen molar-refractivity contribution >= 4 is 23.2 Å². The van der Waals surface area contributed by atoms with E-state index in [4.69, 9.17) is 9.47 Å². The smallest absolute Gasteiger partial charge is 0.265 e. The van der Waals surface area contributed by atoms with Crippen molar-refractivity contribution in [2.75, 3.05) is 49.6 Å². The Morgan fingerprint density at radius 1 is 1.09 bits per heavy atom. The maximum atomic E-state index is 13.0. The molecule has 2 aliphatic rings. The number of nitrogens with one attached hydrogen (secondary N) is 1. The highest BCUT2D eigenvalue weighted by Crippen LogP contribution is 2.33. The van der Waals surface area contributed by atoms with Gasteiger partial charge in [-0.25, -0.2) is 0 Å². The van der Waals surface area contributed by atoms with Crippen LogP contribution in [0.15, 0.2) is 48.5 Å². The summed E-state index contributed by atoms with van der Waals surface area (Å²) in [6.07, 6.45) is 0.428. The van der Waals surface area contributed by atoms with Crippen LogP contribution < -0.4 is 15.0 Å². The average Bonchev–Trinajstić information content (AvgIpc) is 2.84. The molecular formula is C25H31N3O4. The minimum absolute atomic E-state index is 0.0613. The van der Waals surface area contributed by atoms with Gasteiger partial charge in [-0.2, -0.15) is 0 Å². The first-order chi connectivity index (χ1) is 15.5. The summed E-state index contributed by atoms with van der Waals surface area (Å²) < 4.78 is 11.4. The van der Waals surface area contributed by atoms with E-state index in [9.17, 15) is 9.59 Å². The number of para-hydroxylation sites is 2. The number of benzene rings is 2. The molecule has 32 heavy (non-hydrogen) atoms. The number of fused-ring (bicyclic) bond motifs is 1. The number of hydrogen-bond acceptors (Lipinski definition) is 5. The molecule has 7 nitrogen and oxygen atoms in total. The first-order valence-corrected chi connectivity index (χ1v) is 11.3. The van der Waals surface area contributed by atoms with Crippen molar-refractivity contribution in [3.8, 4) is 5.75 Å². The van der Waals surface area contributed by atoms with E-state index in [2.05, 4.69) is 31.3 Å². The molecule has 4 rings (SSSR count). The van der Waals surface area contributed by atoms with Gasteiger partial charge in [-0.3, -0.25) is 9.59 Å². The lowest BCUT2D eigenvalue weighted by molar-refractivity contribution is -0.142. The second-order valence-electron chi connectivity index (χ2n) is 8.37. The molecule has 2 aliphatic heterocycles. The molecule has 2 heterocycles. The molecule has 170 valence electrons. The SMILES string of the molecule is CC[C@@H](C)c1ccc(NC(=O)CN2C[C@H](C(=O)N3CCOCC3)Oc3ccccc32)cc1. The number of hydrogen-bond donors (Lipinski definition) is 1. The molecule has 0 unspecified atom stereocenters. The Hall–Kier alpha value is -3.06. The first-order valence-electron chi connectivity index (χ1n) is 11.3.